The molecule has 2 aromatic carbocycles. The second kappa shape index (κ2) is 13.5. The van der Waals surface area contributed by atoms with Gasteiger partial charge in [-0.2, -0.15) is 5.26 Å². The van der Waals surface area contributed by atoms with Crippen LogP contribution in [0, 0.1) is 11.3 Å². The van der Waals surface area contributed by atoms with Crippen molar-refractivity contribution in [2.75, 3.05) is 7.05 Å². The van der Waals surface area contributed by atoms with Gasteiger partial charge in [0.15, 0.2) is 5.75 Å². The van der Waals surface area contributed by atoms with E-state index in [1.54, 1.807) is 25.3 Å². The number of allylic oxidation sites excluding steroid dienone is 2. The smallest absolute Gasteiger partial charge is 0.162 e. The summed E-state index contributed by atoms with van der Waals surface area (Å²) in [5.41, 5.74) is 5.59. The molecule has 36 heavy (non-hydrogen) atoms. The van der Waals surface area contributed by atoms with Gasteiger partial charge in [0, 0.05) is 18.7 Å². The van der Waals surface area contributed by atoms with Crippen molar-refractivity contribution in [2.45, 2.75) is 46.1 Å². The lowest BCUT2D eigenvalue weighted by Crippen LogP contribution is -2.34. The molecule has 0 aliphatic carbocycles. The van der Waals surface area contributed by atoms with E-state index in [1.165, 1.54) is 13.3 Å². The molecule has 0 bridgehead atoms. The summed E-state index contributed by atoms with van der Waals surface area (Å²) in [7, 11) is 1.47. The van der Waals surface area contributed by atoms with Crippen molar-refractivity contribution in [1.29, 1.82) is 5.26 Å². The van der Waals surface area contributed by atoms with E-state index in [2.05, 4.69) is 49.0 Å². The van der Waals surface area contributed by atoms with Crippen LogP contribution in [0.5, 0.6) is 5.75 Å². The molecule has 0 saturated heterocycles. The Morgan fingerprint density at radius 1 is 1.28 bits per heavy atom. The summed E-state index contributed by atoms with van der Waals surface area (Å²) in [6, 6.07) is 13.9. The lowest BCUT2D eigenvalue weighted by Gasteiger charge is -2.27. The molecule has 7 nitrogen and oxygen atoms in total. The van der Waals surface area contributed by atoms with Crippen LogP contribution in [0.2, 0.25) is 5.02 Å². The SMILES string of the molecule is C=COc1c(Cl)cc(C(C)(C)c2ccc(COC(/C=C\N=C(C)NN(C)O)=C\CC)cc2)cc1C#N. The van der Waals surface area contributed by atoms with Crippen LogP contribution in [0.15, 0.2) is 78.3 Å². The van der Waals surface area contributed by atoms with Gasteiger partial charge in [0.25, 0.3) is 0 Å². The molecule has 2 N–H and O–H groups in total. The first-order chi connectivity index (χ1) is 17.1. The van der Waals surface area contributed by atoms with Gasteiger partial charge in [-0.15, -0.1) is 5.17 Å². The van der Waals surface area contributed by atoms with E-state index in [1.807, 2.05) is 31.2 Å². The van der Waals surface area contributed by atoms with E-state index < -0.39 is 5.41 Å². The Labute approximate surface area is 218 Å². The number of benzene rings is 2. The molecule has 8 heteroatoms. The highest BCUT2D eigenvalue weighted by molar-refractivity contribution is 6.32. The maximum Gasteiger partial charge on any atom is 0.162 e. The maximum absolute atomic E-state index is 9.56. The van der Waals surface area contributed by atoms with Crippen molar-refractivity contribution < 1.29 is 14.7 Å². The Hall–Kier alpha value is -3.57. The van der Waals surface area contributed by atoms with Crippen molar-refractivity contribution >= 4 is 17.4 Å². The number of hydrazine groups is 1. The molecule has 0 aliphatic heterocycles. The molecule has 0 atom stereocenters. The van der Waals surface area contributed by atoms with Crippen LogP contribution >= 0.6 is 11.6 Å². The van der Waals surface area contributed by atoms with Gasteiger partial charge in [0.1, 0.15) is 24.3 Å². The van der Waals surface area contributed by atoms with Gasteiger partial charge in [-0.1, -0.05) is 63.2 Å². The van der Waals surface area contributed by atoms with Crippen molar-refractivity contribution in [3.8, 4) is 11.8 Å². The number of hydrogen-bond acceptors (Lipinski definition) is 6. The largest absolute Gasteiger partial charge is 0.489 e. The van der Waals surface area contributed by atoms with E-state index in [0.29, 0.717) is 34.5 Å². The minimum Gasteiger partial charge on any atom is -0.489 e. The number of hydrogen-bond donors (Lipinski definition) is 2. The topological polar surface area (TPSA) is 90.1 Å². The van der Waals surface area contributed by atoms with Crippen molar-refractivity contribution in [2.24, 2.45) is 4.99 Å². The monoisotopic (exact) mass is 508 g/mol. The standard InChI is InChI=1S/C28H33ClN4O3/c1-7-9-25(14-15-31-20(3)32-33(6)34)36-19-21-10-12-23(13-11-21)28(4,5)24-16-22(18-30)27(35-8-2)26(29)17-24/h8-17,34H,2,7,19H2,1,3-6H3,(H,31,32)/b15-14-,25-9-. The minimum absolute atomic E-state index is 0.309. The van der Waals surface area contributed by atoms with E-state index >= 15 is 0 Å². The number of nitriles is 1. The zero-order valence-corrected chi connectivity index (χ0v) is 22.1. The van der Waals surface area contributed by atoms with E-state index in [-0.39, 0.29) is 0 Å². The molecular formula is C28H33ClN4O3. The highest BCUT2D eigenvalue weighted by Gasteiger charge is 2.26. The molecule has 2 rings (SSSR count). The Bertz CT molecular complexity index is 1180. The Kier molecular flexibility index (Phi) is 10.8. The normalized spacial score (nSPS) is 12.5. The third kappa shape index (κ3) is 7.99. The minimum atomic E-state index is -0.399. The predicted octanol–water partition coefficient (Wildman–Crippen LogP) is 6.63. The molecule has 0 amide bonds. The zero-order chi connectivity index (χ0) is 26.7. The summed E-state index contributed by atoms with van der Waals surface area (Å²) in [4.78, 5) is 4.20. The lowest BCUT2D eigenvalue weighted by molar-refractivity contribution is -0.0920. The Balaban J connectivity index is 2.16. The lowest BCUT2D eigenvalue weighted by atomic mass is 9.77. The van der Waals surface area contributed by atoms with Crippen molar-refractivity contribution in [3.05, 3.63) is 101 Å². The third-order valence-corrected chi connectivity index (χ3v) is 5.68. The number of rotatable bonds is 11. The quantitative estimate of drug-likeness (QED) is 0.116. The summed E-state index contributed by atoms with van der Waals surface area (Å²) in [5.74, 6) is 1.55. The van der Waals surface area contributed by atoms with E-state index in [0.717, 1.165) is 28.3 Å². The number of nitrogens with one attached hydrogen (secondary N) is 1. The first kappa shape index (κ1) is 28.7. The van der Waals surface area contributed by atoms with Gasteiger partial charge >= 0.3 is 0 Å². The fourth-order valence-corrected chi connectivity index (χ4v) is 3.72. The molecule has 0 heterocycles. The maximum atomic E-state index is 9.56. The fraction of sp³-hybridized carbons (Fsp3) is 0.286. The average Bonchev–Trinajstić information content (AvgIpc) is 2.83. The molecule has 0 aliphatic rings. The number of hydroxylamine groups is 1. The molecule has 0 saturated carbocycles. The summed E-state index contributed by atoms with van der Waals surface area (Å²) in [6.07, 6.45) is 7.44. The third-order valence-electron chi connectivity index (χ3n) is 5.40. The van der Waals surface area contributed by atoms with Crippen molar-refractivity contribution in [3.63, 3.8) is 0 Å². The number of aliphatic imine (C=N–C) groups is 1. The fourth-order valence-electron chi connectivity index (χ4n) is 3.45. The summed E-state index contributed by atoms with van der Waals surface area (Å²) < 4.78 is 11.3. The molecule has 0 fully saturated rings. The molecule has 0 radical (unpaired) electrons. The average molecular weight is 509 g/mol. The van der Waals surface area contributed by atoms with Crippen LogP contribution in [0.25, 0.3) is 0 Å². The molecule has 0 unspecified atom stereocenters. The molecule has 2 aromatic rings. The molecular weight excluding hydrogens is 476 g/mol. The van der Waals surface area contributed by atoms with Crippen LogP contribution in [0.4, 0.5) is 0 Å². The highest BCUT2D eigenvalue weighted by Crippen LogP contribution is 2.38. The predicted molar refractivity (Wildman–Crippen MR) is 144 cm³/mol. The molecule has 0 aromatic heterocycles. The Morgan fingerprint density at radius 3 is 2.56 bits per heavy atom. The van der Waals surface area contributed by atoms with Crippen LogP contribution in [0.3, 0.4) is 0 Å². The Morgan fingerprint density at radius 2 is 1.97 bits per heavy atom. The first-order valence-electron chi connectivity index (χ1n) is 11.5. The van der Waals surface area contributed by atoms with Crippen LogP contribution in [0.1, 0.15) is 56.4 Å². The van der Waals surface area contributed by atoms with Gasteiger partial charge in [-0.05, 0) is 54.3 Å². The number of amidine groups is 1. The van der Waals surface area contributed by atoms with Gasteiger partial charge in [-0.25, -0.2) is 4.99 Å². The first-order valence-corrected chi connectivity index (χ1v) is 11.8. The summed E-state index contributed by atoms with van der Waals surface area (Å²) in [5, 5.41) is 19.9. The second-order valence-corrected chi connectivity index (χ2v) is 8.93. The van der Waals surface area contributed by atoms with Crippen molar-refractivity contribution in [1.82, 2.24) is 10.6 Å². The molecule has 190 valence electrons. The summed E-state index contributed by atoms with van der Waals surface area (Å²) in [6.45, 7) is 11.9. The van der Waals surface area contributed by atoms with Crippen LogP contribution in [-0.2, 0) is 16.8 Å². The van der Waals surface area contributed by atoms with Crippen LogP contribution in [-0.4, -0.2) is 23.3 Å². The molecule has 0 spiro atoms. The van der Waals surface area contributed by atoms with Gasteiger partial charge in [0.05, 0.1) is 16.8 Å². The number of ether oxygens (including phenoxy) is 2. The van der Waals surface area contributed by atoms with Gasteiger partial charge < -0.3 is 9.47 Å². The second-order valence-electron chi connectivity index (χ2n) is 8.52. The highest BCUT2D eigenvalue weighted by atomic mass is 35.5. The van der Waals surface area contributed by atoms with E-state index in [4.69, 9.17) is 21.1 Å². The number of nitrogens with zero attached hydrogens (tertiary/aromatic N) is 3. The van der Waals surface area contributed by atoms with Gasteiger partial charge in [0.2, 0.25) is 0 Å². The van der Waals surface area contributed by atoms with Gasteiger partial charge in [-0.3, -0.25) is 10.6 Å². The number of halogens is 1. The summed E-state index contributed by atoms with van der Waals surface area (Å²) >= 11 is 6.41. The van der Waals surface area contributed by atoms with Crippen LogP contribution < -0.4 is 10.2 Å². The zero-order valence-electron chi connectivity index (χ0n) is 21.4. The van der Waals surface area contributed by atoms with E-state index in [9.17, 15) is 10.5 Å².